The number of carbonyl (C=O) groups is 4. The summed E-state index contributed by atoms with van der Waals surface area (Å²) in [5.74, 6) is -0.385. The normalized spacial score (nSPS) is 12.8. The van der Waals surface area contributed by atoms with Gasteiger partial charge in [0, 0.05) is 12.7 Å². The monoisotopic (exact) mass is 455 g/mol. The van der Waals surface area contributed by atoms with E-state index in [9.17, 15) is 27.6 Å². The summed E-state index contributed by atoms with van der Waals surface area (Å²) in [4.78, 5) is 49.1. The average Bonchev–Trinajstić information content (AvgIpc) is 3.00. The molecule has 0 atom stereocenters. The molecule has 0 fully saturated rings. The van der Waals surface area contributed by atoms with Gasteiger partial charge in [0.1, 0.15) is 0 Å². The molecule has 164 valence electrons. The van der Waals surface area contributed by atoms with Crippen LogP contribution in [0.15, 0.2) is 47.4 Å². The van der Waals surface area contributed by atoms with Crippen molar-refractivity contribution in [3.05, 3.63) is 59.2 Å². The molecular weight excluding hydrogens is 438 g/mol. The number of nitrogens with one attached hydrogen (secondary N) is 2. The van der Waals surface area contributed by atoms with E-state index in [1.807, 2.05) is 0 Å². The van der Waals surface area contributed by atoms with Crippen molar-refractivity contribution in [1.82, 2.24) is 9.62 Å². The highest BCUT2D eigenvalue weighted by atomic mass is 32.2. The van der Waals surface area contributed by atoms with Crippen LogP contribution in [0.1, 0.15) is 31.1 Å². The number of rotatable bonds is 7. The second-order valence-electron chi connectivity index (χ2n) is 6.61. The van der Waals surface area contributed by atoms with Crippen molar-refractivity contribution in [3.8, 4) is 12.3 Å². The largest absolute Gasteiger partial charge is 0.452 e. The van der Waals surface area contributed by atoms with Gasteiger partial charge in [0.15, 0.2) is 6.61 Å². The summed E-state index contributed by atoms with van der Waals surface area (Å²) in [6.45, 7) is -0.870. The summed E-state index contributed by atoms with van der Waals surface area (Å²) in [7, 11) is -2.55. The van der Waals surface area contributed by atoms with Crippen LogP contribution in [0.4, 0.5) is 5.69 Å². The Morgan fingerprint density at radius 1 is 1.09 bits per heavy atom. The van der Waals surface area contributed by atoms with Gasteiger partial charge >= 0.3 is 5.97 Å². The van der Waals surface area contributed by atoms with E-state index in [-0.39, 0.29) is 33.8 Å². The molecule has 1 heterocycles. The highest BCUT2D eigenvalue weighted by Gasteiger charge is 2.32. The number of nitrogens with zero attached hydrogens (tertiary/aromatic N) is 1. The summed E-state index contributed by atoms with van der Waals surface area (Å²) < 4.78 is 31.3. The summed E-state index contributed by atoms with van der Waals surface area (Å²) >= 11 is 0. The van der Waals surface area contributed by atoms with Crippen LogP contribution >= 0.6 is 0 Å². The Morgan fingerprint density at radius 2 is 1.81 bits per heavy atom. The molecule has 11 heteroatoms. The summed E-state index contributed by atoms with van der Waals surface area (Å²) in [5.41, 5.74) is 0.553. The minimum absolute atomic E-state index is 0.0777. The average molecular weight is 455 g/mol. The molecule has 3 amide bonds. The highest BCUT2D eigenvalue weighted by Crippen LogP contribution is 2.24. The lowest BCUT2D eigenvalue weighted by atomic mass is 10.1. The van der Waals surface area contributed by atoms with Crippen molar-refractivity contribution in [2.45, 2.75) is 4.90 Å². The smallest absolute Gasteiger partial charge is 0.338 e. The zero-order chi connectivity index (χ0) is 23.5. The first kappa shape index (κ1) is 22.7. The molecule has 2 aromatic carbocycles. The molecule has 1 aliphatic heterocycles. The first-order valence-corrected chi connectivity index (χ1v) is 10.6. The maximum atomic E-state index is 12.2. The lowest BCUT2D eigenvalue weighted by molar-refractivity contribution is -0.119. The lowest BCUT2D eigenvalue weighted by Gasteiger charge is -2.09. The summed E-state index contributed by atoms with van der Waals surface area (Å²) in [6, 6.07) is 9.27. The third-order valence-corrected chi connectivity index (χ3v) is 5.85. The highest BCUT2D eigenvalue weighted by molar-refractivity contribution is 7.89. The molecule has 0 radical (unpaired) electrons. The topological polar surface area (TPSA) is 139 Å². The Bertz CT molecular complexity index is 1280. The Balaban J connectivity index is 1.62. The Hall–Kier alpha value is -4.01. The number of hydrogen-bond acceptors (Lipinski definition) is 7. The molecule has 10 nitrogen and oxygen atoms in total. The van der Waals surface area contributed by atoms with Crippen LogP contribution in [-0.4, -0.2) is 57.2 Å². The van der Waals surface area contributed by atoms with Crippen LogP contribution in [0.3, 0.4) is 0 Å². The molecule has 0 bridgehead atoms. The van der Waals surface area contributed by atoms with Gasteiger partial charge in [0.05, 0.1) is 28.1 Å². The van der Waals surface area contributed by atoms with Gasteiger partial charge < -0.3 is 10.1 Å². The van der Waals surface area contributed by atoms with Crippen LogP contribution in [0.25, 0.3) is 0 Å². The lowest BCUT2D eigenvalue weighted by Crippen LogP contribution is -2.24. The number of imide groups is 1. The second kappa shape index (κ2) is 9.01. The van der Waals surface area contributed by atoms with Gasteiger partial charge in [-0.05, 0) is 36.4 Å². The zero-order valence-electron chi connectivity index (χ0n) is 16.7. The van der Waals surface area contributed by atoms with E-state index in [0.717, 1.165) is 11.0 Å². The fourth-order valence-corrected chi connectivity index (χ4v) is 3.84. The summed E-state index contributed by atoms with van der Waals surface area (Å²) in [5, 5.41) is 2.46. The number of terminal acetylenes is 1. The van der Waals surface area contributed by atoms with E-state index >= 15 is 0 Å². The van der Waals surface area contributed by atoms with Crippen LogP contribution in [0.5, 0.6) is 0 Å². The first-order chi connectivity index (χ1) is 15.1. The van der Waals surface area contributed by atoms with Gasteiger partial charge in [-0.3, -0.25) is 19.3 Å². The van der Waals surface area contributed by atoms with Gasteiger partial charge in [-0.15, -0.1) is 6.42 Å². The molecular formula is C21H17N3O7S. The minimum atomic E-state index is -3.90. The van der Waals surface area contributed by atoms with E-state index in [4.69, 9.17) is 11.2 Å². The molecule has 2 aromatic rings. The molecule has 2 N–H and O–H groups in total. The number of benzene rings is 2. The second-order valence-corrected chi connectivity index (χ2v) is 8.38. The molecule has 32 heavy (non-hydrogen) atoms. The fraction of sp³-hybridized carbons (Fsp3) is 0.143. The van der Waals surface area contributed by atoms with Gasteiger partial charge in [-0.1, -0.05) is 12.0 Å². The molecule has 0 spiro atoms. The van der Waals surface area contributed by atoms with Crippen molar-refractivity contribution in [3.63, 3.8) is 0 Å². The van der Waals surface area contributed by atoms with E-state index in [0.29, 0.717) is 0 Å². The van der Waals surface area contributed by atoms with Crippen LogP contribution in [-0.2, 0) is 19.6 Å². The number of ether oxygens (including phenoxy) is 1. The first-order valence-electron chi connectivity index (χ1n) is 9.10. The number of anilines is 1. The number of fused-ring (bicyclic) bond motifs is 1. The van der Waals surface area contributed by atoms with Crippen molar-refractivity contribution in [1.29, 1.82) is 0 Å². The van der Waals surface area contributed by atoms with E-state index in [1.165, 1.54) is 43.4 Å². The van der Waals surface area contributed by atoms with Crippen molar-refractivity contribution in [2.24, 2.45) is 0 Å². The van der Waals surface area contributed by atoms with E-state index in [2.05, 4.69) is 16.0 Å². The number of amides is 3. The van der Waals surface area contributed by atoms with Gasteiger partial charge in [-0.25, -0.2) is 13.2 Å². The third kappa shape index (κ3) is 4.66. The molecule has 1 aliphatic rings. The van der Waals surface area contributed by atoms with Gasteiger partial charge in [0.25, 0.3) is 17.7 Å². The van der Waals surface area contributed by atoms with Gasteiger partial charge in [0.2, 0.25) is 10.0 Å². The molecule has 0 saturated heterocycles. The van der Waals surface area contributed by atoms with Crippen molar-refractivity contribution in [2.75, 3.05) is 25.5 Å². The van der Waals surface area contributed by atoms with Crippen molar-refractivity contribution >= 4 is 39.4 Å². The third-order valence-electron chi connectivity index (χ3n) is 4.45. The van der Waals surface area contributed by atoms with Gasteiger partial charge in [-0.2, -0.15) is 4.72 Å². The molecule has 0 unspecified atom stereocenters. The maximum Gasteiger partial charge on any atom is 0.338 e. The Kier molecular flexibility index (Phi) is 6.38. The van der Waals surface area contributed by atoms with E-state index < -0.39 is 40.3 Å². The standard InChI is InChI=1S/C21H17N3O7S/c1-3-9-22-32(29,30)15-6-4-5-13(10-15)21(28)31-12-18(25)23-14-7-8-16-17(11-14)20(27)24(2)19(16)26/h1,4-8,10-11,22H,9,12H2,2H3,(H,23,25). The predicted octanol–water partition coefficient (Wildman–Crippen LogP) is 0.619. The fourth-order valence-electron chi connectivity index (χ4n) is 2.86. The number of hydrogen-bond donors (Lipinski definition) is 2. The Morgan fingerprint density at radius 3 is 2.53 bits per heavy atom. The number of carbonyl (C=O) groups excluding carboxylic acids is 4. The predicted molar refractivity (Wildman–Crippen MR) is 112 cm³/mol. The SMILES string of the molecule is C#CCNS(=O)(=O)c1cccc(C(=O)OCC(=O)Nc2ccc3c(c2)C(=O)N(C)C3=O)c1. The molecule has 0 saturated carbocycles. The van der Waals surface area contributed by atoms with Crippen molar-refractivity contribution < 1.29 is 32.3 Å². The summed E-state index contributed by atoms with van der Waals surface area (Å²) in [6.07, 6.45) is 5.04. The Labute approximate surface area is 183 Å². The number of sulfonamides is 1. The van der Waals surface area contributed by atoms with E-state index in [1.54, 1.807) is 0 Å². The number of esters is 1. The zero-order valence-corrected chi connectivity index (χ0v) is 17.6. The maximum absolute atomic E-state index is 12.2. The van der Waals surface area contributed by atoms with Crippen LogP contribution < -0.4 is 10.0 Å². The van der Waals surface area contributed by atoms with Crippen LogP contribution in [0.2, 0.25) is 0 Å². The quantitative estimate of drug-likeness (QED) is 0.354. The van der Waals surface area contributed by atoms with Crippen LogP contribution in [0, 0.1) is 12.3 Å². The molecule has 0 aliphatic carbocycles. The minimum Gasteiger partial charge on any atom is -0.452 e. The molecule has 3 rings (SSSR count). The molecule has 0 aromatic heterocycles.